The highest BCUT2D eigenvalue weighted by Gasteiger charge is 2.27. The van der Waals surface area contributed by atoms with E-state index in [9.17, 15) is 9.59 Å². The first-order chi connectivity index (χ1) is 15.2. The van der Waals surface area contributed by atoms with Crippen molar-refractivity contribution < 1.29 is 28.5 Å². The molecule has 0 bridgehead atoms. The van der Waals surface area contributed by atoms with Crippen molar-refractivity contribution in [3.63, 3.8) is 0 Å². The number of hydrogen-bond acceptors (Lipinski definition) is 6. The van der Waals surface area contributed by atoms with Crippen molar-refractivity contribution in [2.45, 2.75) is 66.0 Å². The van der Waals surface area contributed by atoms with Crippen LogP contribution in [0.15, 0.2) is 12.1 Å². The topological polar surface area (TPSA) is 98.4 Å². The molecule has 1 aliphatic heterocycles. The minimum Gasteiger partial charge on any atom is -0.490 e. The fourth-order valence-electron chi connectivity index (χ4n) is 3.35. The van der Waals surface area contributed by atoms with Gasteiger partial charge in [-0.05, 0) is 54.4 Å². The van der Waals surface area contributed by atoms with Crippen molar-refractivity contribution in [3.8, 4) is 17.2 Å². The molecule has 0 saturated carbocycles. The lowest BCUT2D eigenvalue weighted by molar-refractivity contribution is 0.0202. The number of hydrogen-bond donors (Lipinski definition) is 2. The number of nitrogens with one attached hydrogen (secondary N) is 2. The van der Waals surface area contributed by atoms with Gasteiger partial charge in [0, 0.05) is 31.3 Å². The van der Waals surface area contributed by atoms with E-state index in [1.165, 1.54) is 0 Å². The summed E-state index contributed by atoms with van der Waals surface area (Å²) in [4.78, 5) is 26.5. The summed E-state index contributed by atoms with van der Waals surface area (Å²) in [7, 11) is 0. The molecule has 0 aliphatic carbocycles. The lowest BCUT2D eigenvalue weighted by Crippen LogP contribution is -2.48. The van der Waals surface area contributed by atoms with Crippen molar-refractivity contribution in [2.24, 2.45) is 0 Å². The van der Waals surface area contributed by atoms with Crippen LogP contribution in [0.2, 0.25) is 0 Å². The Labute approximate surface area is 190 Å². The van der Waals surface area contributed by atoms with Crippen LogP contribution >= 0.6 is 0 Å². The van der Waals surface area contributed by atoms with Gasteiger partial charge in [0.25, 0.3) is 0 Å². The molecular weight excluding hydrogens is 414 g/mol. The first kappa shape index (κ1) is 25.4. The van der Waals surface area contributed by atoms with E-state index in [-0.39, 0.29) is 18.2 Å². The molecule has 1 aromatic rings. The standard InChI is InChI=1S/C23H37N3O6/c1-7-29-18-14-17(15-19(30-8-2)20(18)31-9-3)25-21(27)24-16-10-12-26(13-11-16)22(28)32-23(4,5)6/h14-16H,7-13H2,1-6H3,(H2,24,25,27). The van der Waals surface area contributed by atoms with E-state index >= 15 is 0 Å². The molecule has 0 aromatic heterocycles. The van der Waals surface area contributed by atoms with E-state index in [2.05, 4.69) is 10.6 Å². The largest absolute Gasteiger partial charge is 0.490 e. The smallest absolute Gasteiger partial charge is 0.410 e. The summed E-state index contributed by atoms with van der Waals surface area (Å²) in [6, 6.07) is 3.09. The summed E-state index contributed by atoms with van der Waals surface area (Å²) < 4.78 is 22.5. The first-order valence-electron chi connectivity index (χ1n) is 11.3. The molecule has 1 heterocycles. The van der Waals surface area contributed by atoms with Crippen LogP contribution in [0, 0.1) is 0 Å². The van der Waals surface area contributed by atoms with Crippen molar-refractivity contribution in [1.29, 1.82) is 0 Å². The highest BCUT2D eigenvalue weighted by molar-refractivity contribution is 5.90. The second-order valence-electron chi connectivity index (χ2n) is 8.44. The molecule has 0 radical (unpaired) electrons. The van der Waals surface area contributed by atoms with Gasteiger partial charge in [-0.2, -0.15) is 0 Å². The number of nitrogens with zero attached hydrogens (tertiary/aromatic N) is 1. The number of carbonyl (C=O) groups is 2. The number of likely N-dealkylation sites (tertiary alicyclic amines) is 1. The number of ether oxygens (including phenoxy) is 4. The van der Waals surface area contributed by atoms with Crippen LogP contribution in [-0.2, 0) is 4.74 Å². The summed E-state index contributed by atoms with van der Waals surface area (Å²) in [5, 5.41) is 5.83. The molecule has 32 heavy (non-hydrogen) atoms. The maximum atomic E-state index is 12.6. The molecular formula is C23H37N3O6. The zero-order valence-corrected chi connectivity index (χ0v) is 20.1. The van der Waals surface area contributed by atoms with Gasteiger partial charge in [0.1, 0.15) is 5.60 Å². The summed E-state index contributed by atoms with van der Waals surface area (Å²) in [6.07, 6.45) is 0.996. The van der Waals surface area contributed by atoms with E-state index in [1.54, 1.807) is 17.0 Å². The van der Waals surface area contributed by atoms with Gasteiger partial charge in [-0.15, -0.1) is 0 Å². The molecule has 0 spiro atoms. The number of piperidine rings is 1. The van der Waals surface area contributed by atoms with Crippen molar-refractivity contribution in [3.05, 3.63) is 12.1 Å². The Morgan fingerprint density at radius 1 is 0.969 bits per heavy atom. The zero-order chi connectivity index (χ0) is 23.7. The third-order valence-corrected chi connectivity index (χ3v) is 4.65. The molecule has 2 N–H and O–H groups in total. The Hall–Kier alpha value is -2.84. The molecule has 1 aliphatic rings. The lowest BCUT2D eigenvalue weighted by atomic mass is 10.1. The minimum atomic E-state index is -0.523. The van der Waals surface area contributed by atoms with E-state index in [0.717, 1.165) is 0 Å². The number of carbonyl (C=O) groups excluding carboxylic acids is 2. The molecule has 9 heteroatoms. The van der Waals surface area contributed by atoms with Crippen LogP contribution in [0.1, 0.15) is 54.4 Å². The zero-order valence-electron chi connectivity index (χ0n) is 20.1. The van der Waals surface area contributed by atoms with Crippen LogP contribution < -0.4 is 24.8 Å². The lowest BCUT2D eigenvalue weighted by Gasteiger charge is -2.33. The van der Waals surface area contributed by atoms with Crippen LogP contribution in [0.5, 0.6) is 17.2 Å². The minimum absolute atomic E-state index is 0.0332. The van der Waals surface area contributed by atoms with E-state index in [0.29, 0.717) is 68.7 Å². The SMILES string of the molecule is CCOc1cc(NC(=O)NC2CCN(C(=O)OC(C)(C)C)CC2)cc(OCC)c1OCC. The van der Waals surface area contributed by atoms with E-state index in [1.807, 2.05) is 41.5 Å². The third kappa shape index (κ3) is 7.69. The average molecular weight is 452 g/mol. The Bertz CT molecular complexity index is 742. The fraction of sp³-hybridized carbons (Fsp3) is 0.652. The van der Waals surface area contributed by atoms with Crippen molar-refractivity contribution in [1.82, 2.24) is 10.2 Å². The molecule has 3 amide bonds. The fourth-order valence-corrected chi connectivity index (χ4v) is 3.35. The predicted molar refractivity (Wildman–Crippen MR) is 123 cm³/mol. The average Bonchev–Trinajstić information content (AvgIpc) is 2.70. The molecule has 2 rings (SSSR count). The van der Waals surface area contributed by atoms with E-state index in [4.69, 9.17) is 18.9 Å². The van der Waals surface area contributed by atoms with Gasteiger partial charge in [-0.3, -0.25) is 0 Å². The Balaban J connectivity index is 1.97. The molecule has 1 fully saturated rings. The quantitative estimate of drug-likeness (QED) is 0.608. The van der Waals surface area contributed by atoms with Gasteiger partial charge >= 0.3 is 12.1 Å². The highest BCUT2D eigenvalue weighted by atomic mass is 16.6. The number of amides is 3. The van der Waals surface area contributed by atoms with Crippen molar-refractivity contribution >= 4 is 17.8 Å². The van der Waals surface area contributed by atoms with Gasteiger partial charge in [0.05, 0.1) is 25.5 Å². The molecule has 9 nitrogen and oxygen atoms in total. The maximum Gasteiger partial charge on any atom is 0.410 e. The highest BCUT2D eigenvalue weighted by Crippen LogP contribution is 2.40. The van der Waals surface area contributed by atoms with Crippen LogP contribution in [0.3, 0.4) is 0 Å². The summed E-state index contributed by atoms with van der Waals surface area (Å²) in [5.41, 5.74) is 0.0221. The number of benzene rings is 1. The van der Waals surface area contributed by atoms with E-state index < -0.39 is 5.60 Å². The third-order valence-electron chi connectivity index (χ3n) is 4.65. The van der Waals surface area contributed by atoms with Crippen LogP contribution in [-0.4, -0.2) is 61.6 Å². The Morgan fingerprint density at radius 2 is 1.50 bits per heavy atom. The first-order valence-corrected chi connectivity index (χ1v) is 11.3. The summed E-state index contributed by atoms with van der Waals surface area (Å²) in [5.74, 6) is 1.55. The molecule has 1 aromatic carbocycles. The van der Waals surface area contributed by atoms with Crippen molar-refractivity contribution in [2.75, 3.05) is 38.2 Å². The Morgan fingerprint density at radius 3 is 1.97 bits per heavy atom. The maximum absolute atomic E-state index is 12.6. The van der Waals surface area contributed by atoms with Crippen LogP contribution in [0.4, 0.5) is 15.3 Å². The number of urea groups is 1. The molecule has 0 atom stereocenters. The second-order valence-corrected chi connectivity index (χ2v) is 8.44. The normalized spacial score (nSPS) is 14.5. The molecule has 0 unspecified atom stereocenters. The second kappa shape index (κ2) is 11.7. The van der Waals surface area contributed by atoms with Gasteiger partial charge in [-0.25, -0.2) is 9.59 Å². The van der Waals surface area contributed by atoms with Gasteiger partial charge in [0.15, 0.2) is 11.5 Å². The molecule has 1 saturated heterocycles. The summed E-state index contributed by atoms with van der Waals surface area (Å²) >= 11 is 0. The van der Waals surface area contributed by atoms with Gasteiger partial charge < -0.3 is 34.5 Å². The van der Waals surface area contributed by atoms with Gasteiger partial charge in [0.2, 0.25) is 5.75 Å². The van der Waals surface area contributed by atoms with Crippen LogP contribution in [0.25, 0.3) is 0 Å². The van der Waals surface area contributed by atoms with Gasteiger partial charge in [-0.1, -0.05) is 0 Å². The monoisotopic (exact) mass is 451 g/mol. The number of rotatable bonds is 8. The Kier molecular flexibility index (Phi) is 9.28. The summed E-state index contributed by atoms with van der Waals surface area (Å²) in [6.45, 7) is 13.6. The number of anilines is 1. The predicted octanol–water partition coefficient (Wildman–Crippen LogP) is 4.40. The molecule has 180 valence electrons.